The van der Waals surface area contributed by atoms with Gasteiger partial charge in [-0.25, -0.2) is 0 Å². The van der Waals surface area contributed by atoms with Crippen molar-refractivity contribution in [1.82, 2.24) is 9.80 Å². The molecule has 0 aromatic heterocycles. The van der Waals surface area contributed by atoms with Crippen molar-refractivity contribution in [3.63, 3.8) is 0 Å². The third-order valence-corrected chi connectivity index (χ3v) is 8.86. The quantitative estimate of drug-likeness (QED) is 0.158. The molecule has 0 bridgehead atoms. The van der Waals surface area contributed by atoms with Gasteiger partial charge in [-0.3, -0.25) is 9.69 Å². The molecular weight excluding hydrogens is 664 g/mol. The normalized spacial score (nSPS) is 16.4. The molecule has 0 spiro atoms. The fourth-order valence-electron chi connectivity index (χ4n) is 6.11. The molecule has 1 aliphatic rings. The third-order valence-electron chi connectivity index (χ3n) is 8.86. The van der Waals surface area contributed by atoms with Gasteiger partial charge in [-0.05, 0) is 50.9 Å². The highest BCUT2D eigenvalue weighted by atomic mass is 16.5. The van der Waals surface area contributed by atoms with Gasteiger partial charge in [0.1, 0.15) is 12.4 Å². The van der Waals surface area contributed by atoms with Crippen LogP contribution < -0.4 is 4.74 Å². The fraction of sp³-hybridized carbons (Fsp3) is 0.488. The molecule has 1 N–H and O–H groups in total. The van der Waals surface area contributed by atoms with Crippen LogP contribution in [0.15, 0.2) is 78.9 Å². The van der Waals surface area contributed by atoms with E-state index >= 15 is 0 Å². The van der Waals surface area contributed by atoms with Gasteiger partial charge in [0.05, 0.1) is 92.3 Å². The zero-order chi connectivity index (χ0) is 36.1. The van der Waals surface area contributed by atoms with Gasteiger partial charge in [0.2, 0.25) is 5.91 Å². The van der Waals surface area contributed by atoms with Crippen LogP contribution in [0, 0.1) is 0 Å². The number of rotatable bonds is 13. The Kier molecular flexibility index (Phi) is 17.6. The van der Waals surface area contributed by atoms with Crippen LogP contribution in [0.25, 0.3) is 21.5 Å². The lowest BCUT2D eigenvalue weighted by Gasteiger charge is -2.25. The molecule has 1 aliphatic heterocycles. The molecule has 1 amide bonds. The molecular formula is C41H54N2O9. The van der Waals surface area contributed by atoms with Crippen molar-refractivity contribution < 1.29 is 43.1 Å². The smallest absolute Gasteiger partial charge is 0.227 e. The van der Waals surface area contributed by atoms with Gasteiger partial charge in [0.15, 0.2) is 0 Å². The molecule has 0 radical (unpaired) electrons. The molecule has 0 atom stereocenters. The van der Waals surface area contributed by atoms with Crippen LogP contribution in [-0.4, -0.2) is 139 Å². The van der Waals surface area contributed by atoms with Gasteiger partial charge in [0, 0.05) is 32.7 Å². The standard InChI is InChI=1S/C41H54N2O9/c44-17-22-50-27-28-51-29-30-52-37-11-9-34(10-12-37)31-41(45)43-15-20-48-25-23-46-18-13-42(14-19-47-24-26-49-21-16-43)33-40-38-7-3-1-5-35(38)32-36-6-2-4-8-39(36)40/h1-12,32,44H,13-31,33H2. The van der Waals surface area contributed by atoms with Crippen LogP contribution in [-0.2, 0) is 46.2 Å². The van der Waals surface area contributed by atoms with Gasteiger partial charge in [-0.2, -0.15) is 0 Å². The van der Waals surface area contributed by atoms with Crippen molar-refractivity contribution in [1.29, 1.82) is 0 Å². The summed E-state index contributed by atoms with van der Waals surface area (Å²) in [5.41, 5.74) is 2.23. The minimum atomic E-state index is 0.00429. The maximum Gasteiger partial charge on any atom is 0.227 e. The molecule has 0 aliphatic carbocycles. The van der Waals surface area contributed by atoms with E-state index in [4.69, 9.17) is 38.3 Å². The number of nitrogens with zero attached hydrogens (tertiary/aromatic N) is 2. The predicted octanol–water partition coefficient (Wildman–Crippen LogP) is 4.35. The van der Waals surface area contributed by atoms with Crippen molar-refractivity contribution in [3.8, 4) is 5.75 Å². The Labute approximate surface area is 307 Å². The zero-order valence-corrected chi connectivity index (χ0v) is 30.3. The van der Waals surface area contributed by atoms with Gasteiger partial charge in [-0.15, -0.1) is 0 Å². The number of benzene rings is 4. The summed E-state index contributed by atoms with van der Waals surface area (Å²) in [4.78, 5) is 17.5. The molecule has 11 heteroatoms. The van der Waals surface area contributed by atoms with Crippen molar-refractivity contribution in [2.45, 2.75) is 13.0 Å². The second-order valence-electron chi connectivity index (χ2n) is 12.5. The van der Waals surface area contributed by atoms with Gasteiger partial charge >= 0.3 is 0 Å². The second kappa shape index (κ2) is 23.1. The van der Waals surface area contributed by atoms with Gasteiger partial charge in [-0.1, -0.05) is 60.7 Å². The van der Waals surface area contributed by atoms with E-state index in [-0.39, 0.29) is 18.9 Å². The first-order chi connectivity index (χ1) is 25.7. The lowest BCUT2D eigenvalue weighted by molar-refractivity contribution is -0.132. The van der Waals surface area contributed by atoms with E-state index < -0.39 is 0 Å². The molecule has 1 heterocycles. The van der Waals surface area contributed by atoms with Crippen LogP contribution in [0.1, 0.15) is 11.1 Å². The van der Waals surface area contributed by atoms with Crippen LogP contribution in [0.5, 0.6) is 5.75 Å². The van der Waals surface area contributed by atoms with E-state index in [1.165, 1.54) is 27.1 Å². The van der Waals surface area contributed by atoms with Crippen LogP contribution in [0.4, 0.5) is 0 Å². The highest BCUT2D eigenvalue weighted by Crippen LogP contribution is 2.29. The lowest BCUT2D eigenvalue weighted by Crippen LogP contribution is -2.38. The number of aliphatic hydroxyl groups is 1. The summed E-state index contributed by atoms with van der Waals surface area (Å²) in [7, 11) is 0. The summed E-state index contributed by atoms with van der Waals surface area (Å²) in [6.07, 6.45) is 0.272. The molecule has 4 aromatic rings. The number of aliphatic hydroxyl groups excluding tert-OH is 1. The summed E-state index contributed by atoms with van der Waals surface area (Å²) < 4.78 is 40.1. The predicted molar refractivity (Wildman–Crippen MR) is 201 cm³/mol. The van der Waals surface area contributed by atoms with Crippen LogP contribution in [0.2, 0.25) is 0 Å². The minimum absolute atomic E-state index is 0.00429. The number of ether oxygens (including phenoxy) is 7. The Balaban J connectivity index is 1.06. The summed E-state index contributed by atoms with van der Waals surface area (Å²) in [6.45, 7) is 9.19. The topological polar surface area (TPSA) is 108 Å². The third kappa shape index (κ3) is 13.4. The number of amides is 1. The molecule has 5 rings (SSSR count). The van der Waals surface area contributed by atoms with E-state index in [1.54, 1.807) is 4.90 Å². The Bertz CT molecular complexity index is 1530. The average molecular weight is 719 g/mol. The minimum Gasteiger partial charge on any atom is -0.491 e. The van der Waals surface area contributed by atoms with Gasteiger partial charge < -0.3 is 43.2 Å². The van der Waals surface area contributed by atoms with E-state index in [9.17, 15) is 4.79 Å². The summed E-state index contributed by atoms with van der Waals surface area (Å²) in [5.74, 6) is 0.726. The molecule has 4 aromatic carbocycles. The highest BCUT2D eigenvalue weighted by molar-refractivity contribution is 6.02. The van der Waals surface area contributed by atoms with Crippen LogP contribution >= 0.6 is 0 Å². The van der Waals surface area contributed by atoms with E-state index in [0.29, 0.717) is 105 Å². The first-order valence-electron chi connectivity index (χ1n) is 18.4. The maximum atomic E-state index is 13.3. The Hall–Kier alpha value is -3.65. The maximum absolute atomic E-state index is 13.3. The van der Waals surface area contributed by atoms with Crippen molar-refractivity contribution in [3.05, 3.63) is 90.0 Å². The SMILES string of the molecule is O=C(Cc1ccc(OCCOCCOCCO)cc1)N1CCOCCOCCN(Cc2c3ccccc3cc3ccccc23)CCOCCOCC1. The van der Waals surface area contributed by atoms with Crippen molar-refractivity contribution in [2.24, 2.45) is 0 Å². The van der Waals surface area contributed by atoms with E-state index in [1.807, 2.05) is 24.3 Å². The largest absolute Gasteiger partial charge is 0.491 e. The molecule has 1 saturated heterocycles. The van der Waals surface area contributed by atoms with E-state index in [0.717, 1.165) is 25.2 Å². The number of hydrogen-bond acceptors (Lipinski definition) is 10. The molecule has 0 saturated carbocycles. The fourth-order valence-corrected chi connectivity index (χ4v) is 6.11. The molecule has 52 heavy (non-hydrogen) atoms. The molecule has 1 fully saturated rings. The lowest BCUT2D eigenvalue weighted by atomic mass is 9.96. The zero-order valence-electron chi connectivity index (χ0n) is 30.3. The molecule has 11 nitrogen and oxygen atoms in total. The molecule has 282 valence electrons. The highest BCUT2D eigenvalue weighted by Gasteiger charge is 2.16. The van der Waals surface area contributed by atoms with Crippen LogP contribution in [0.3, 0.4) is 0 Å². The summed E-state index contributed by atoms with van der Waals surface area (Å²) in [6, 6.07) is 27.0. The Morgan fingerprint density at radius 3 is 1.71 bits per heavy atom. The summed E-state index contributed by atoms with van der Waals surface area (Å²) >= 11 is 0. The average Bonchev–Trinajstić information content (AvgIpc) is 3.17. The second-order valence-corrected chi connectivity index (χ2v) is 12.5. The van der Waals surface area contributed by atoms with Gasteiger partial charge in [0.25, 0.3) is 0 Å². The monoisotopic (exact) mass is 718 g/mol. The van der Waals surface area contributed by atoms with Crippen molar-refractivity contribution in [2.75, 3.05) is 119 Å². The van der Waals surface area contributed by atoms with E-state index in [2.05, 4.69) is 59.5 Å². The first kappa shape index (κ1) is 39.6. The number of hydrogen-bond donors (Lipinski definition) is 1. The Morgan fingerprint density at radius 1 is 0.615 bits per heavy atom. The molecule has 0 unspecified atom stereocenters. The number of fused-ring (bicyclic) bond motifs is 2. The summed E-state index contributed by atoms with van der Waals surface area (Å²) in [5, 5.41) is 13.8. The first-order valence-corrected chi connectivity index (χ1v) is 18.4. The number of carbonyl (C=O) groups excluding carboxylic acids is 1. The Morgan fingerprint density at radius 2 is 1.13 bits per heavy atom. The van der Waals surface area contributed by atoms with Crippen molar-refractivity contribution >= 4 is 27.5 Å². The number of carbonyl (C=O) groups is 1.